The number of urea groups is 1. The number of nitrogens with zero attached hydrogens (tertiary/aromatic N) is 1. The summed E-state index contributed by atoms with van der Waals surface area (Å²) in [6, 6.07) is 7.55. The number of carbonyl (C=O) groups is 1. The molecule has 134 valence electrons. The summed E-state index contributed by atoms with van der Waals surface area (Å²) in [4.78, 5) is 13.9. The second-order valence-corrected chi connectivity index (χ2v) is 7.17. The lowest BCUT2D eigenvalue weighted by atomic mass is 10.1. The number of benzene rings is 1. The highest BCUT2D eigenvalue weighted by Crippen LogP contribution is 2.22. The number of hydrogen-bond acceptors (Lipinski definition) is 3. The van der Waals surface area contributed by atoms with Crippen LogP contribution in [0, 0.1) is 0 Å². The van der Waals surface area contributed by atoms with Crippen molar-refractivity contribution in [3.8, 4) is 0 Å². The first-order chi connectivity index (χ1) is 11.4. The molecule has 2 N–H and O–H groups in total. The number of ether oxygens (including phenoxy) is 1. The molecule has 24 heavy (non-hydrogen) atoms. The molecule has 0 radical (unpaired) electrons. The molecule has 0 saturated heterocycles. The highest BCUT2D eigenvalue weighted by atomic mass is 16.5. The average Bonchev–Trinajstić information content (AvgIpc) is 3.04. The molecule has 0 aliphatic heterocycles. The van der Waals surface area contributed by atoms with Crippen molar-refractivity contribution in [2.45, 2.75) is 64.8 Å². The standard InChI is InChI=1S/C19H30N2O3/c1-4-21(14-19(2,3)23)18(22)20-16-11-9-15(10-12-16)13-24-17-7-5-6-8-17/h9-12,17,23H,4-8,13-14H2,1-3H3,(H,20,22). The van der Waals surface area contributed by atoms with E-state index in [2.05, 4.69) is 5.32 Å². The molecule has 5 nitrogen and oxygen atoms in total. The highest BCUT2D eigenvalue weighted by molar-refractivity contribution is 5.89. The van der Waals surface area contributed by atoms with Crippen LogP contribution in [0.3, 0.4) is 0 Å². The lowest BCUT2D eigenvalue weighted by Gasteiger charge is -2.28. The van der Waals surface area contributed by atoms with Crippen LogP contribution in [0.15, 0.2) is 24.3 Å². The van der Waals surface area contributed by atoms with Crippen molar-refractivity contribution in [3.05, 3.63) is 29.8 Å². The third-order valence-corrected chi connectivity index (χ3v) is 4.24. The Morgan fingerprint density at radius 2 is 1.92 bits per heavy atom. The van der Waals surface area contributed by atoms with Crippen molar-refractivity contribution in [1.82, 2.24) is 4.90 Å². The van der Waals surface area contributed by atoms with Crippen molar-refractivity contribution in [2.24, 2.45) is 0 Å². The van der Waals surface area contributed by atoms with Gasteiger partial charge in [-0.15, -0.1) is 0 Å². The third kappa shape index (κ3) is 6.13. The van der Waals surface area contributed by atoms with Gasteiger partial charge in [0, 0.05) is 12.2 Å². The van der Waals surface area contributed by atoms with Crippen molar-refractivity contribution in [3.63, 3.8) is 0 Å². The van der Waals surface area contributed by atoms with Gasteiger partial charge in [0.15, 0.2) is 0 Å². The van der Waals surface area contributed by atoms with Crippen LogP contribution in [-0.4, -0.2) is 40.8 Å². The Hall–Kier alpha value is -1.59. The van der Waals surface area contributed by atoms with Crippen molar-refractivity contribution in [1.29, 1.82) is 0 Å². The Morgan fingerprint density at radius 1 is 1.29 bits per heavy atom. The maximum Gasteiger partial charge on any atom is 0.321 e. The SMILES string of the molecule is CCN(CC(C)(C)O)C(=O)Nc1ccc(COC2CCCC2)cc1. The van der Waals surface area contributed by atoms with Crippen LogP contribution in [0.25, 0.3) is 0 Å². The van der Waals surface area contributed by atoms with E-state index in [0.29, 0.717) is 25.8 Å². The van der Waals surface area contributed by atoms with Crippen molar-refractivity contribution >= 4 is 11.7 Å². The lowest BCUT2D eigenvalue weighted by molar-refractivity contribution is 0.0457. The zero-order valence-corrected chi connectivity index (χ0v) is 15.0. The maximum atomic E-state index is 12.3. The molecule has 0 heterocycles. The Labute approximate surface area is 145 Å². The summed E-state index contributed by atoms with van der Waals surface area (Å²) in [6.45, 7) is 6.75. The van der Waals surface area contributed by atoms with Crippen LogP contribution >= 0.6 is 0 Å². The second-order valence-electron chi connectivity index (χ2n) is 7.17. The van der Waals surface area contributed by atoms with E-state index in [4.69, 9.17) is 4.74 Å². The van der Waals surface area contributed by atoms with Gasteiger partial charge < -0.3 is 20.1 Å². The number of nitrogens with one attached hydrogen (secondary N) is 1. The van der Waals surface area contributed by atoms with Crippen molar-refractivity contribution < 1.29 is 14.6 Å². The Morgan fingerprint density at radius 3 is 2.46 bits per heavy atom. The number of anilines is 1. The maximum absolute atomic E-state index is 12.3. The first-order valence-corrected chi connectivity index (χ1v) is 8.86. The normalized spacial score (nSPS) is 15.5. The van der Waals surface area contributed by atoms with Crippen LogP contribution in [0.2, 0.25) is 0 Å². The molecule has 1 saturated carbocycles. The minimum Gasteiger partial charge on any atom is -0.389 e. The van der Waals surface area contributed by atoms with Gasteiger partial charge in [0.25, 0.3) is 0 Å². The lowest BCUT2D eigenvalue weighted by Crippen LogP contribution is -2.44. The van der Waals surface area contributed by atoms with E-state index in [1.807, 2.05) is 31.2 Å². The fourth-order valence-electron chi connectivity index (χ4n) is 2.95. The fourth-order valence-corrected chi connectivity index (χ4v) is 2.95. The summed E-state index contributed by atoms with van der Waals surface area (Å²) < 4.78 is 5.90. The summed E-state index contributed by atoms with van der Waals surface area (Å²) in [5.74, 6) is 0. The van der Waals surface area contributed by atoms with E-state index in [9.17, 15) is 9.90 Å². The van der Waals surface area contributed by atoms with Gasteiger partial charge in [-0.2, -0.15) is 0 Å². The summed E-state index contributed by atoms with van der Waals surface area (Å²) in [7, 11) is 0. The fraction of sp³-hybridized carbons (Fsp3) is 0.632. The molecule has 0 bridgehead atoms. The molecule has 0 spiro atoms. The predicted molar refractivity (Wildman–Crippen MR) is 96.1 cm³/mol. The van der Waals surface area contributed by atoms with Gasteiger partial charge in [0.2, 0.25) is 0 Å². The predicted octanol–water partition coefficient (Wildman–Crippen LogP) is 3.77. The van der Waals surface area contributed by atoms with Crippen LogP contribution in [0.5, 0.6) is 0 Å². The first kappa shape index (κ1) is 18.7. The monoisotopic (exact) mass is 334 g/mol. The quantitative estimate of drug-likeness (QED) is 0.798. The van der Waals surface area contributed by atoms with Gasteiger partial charge in [-0.3, -0.25) is 0 Å². The van der Waals surface area contributed by atoms with Gasteiger partial charge in [0.05, 0.1) is 24.9 Å². The zero-order chi connectivity index (χ0) is 17.6. The molecule has 1 aromatic rings. The number of rotatable bonds is 7. The van der Waals surface area contributed by atoms with Gasteiger partial charge in [-0.1, -0.05) is 25.0 Å². The topological polar surface area (TPSA) is 61.8 Å². The molecule has 1 aliphatic rings. The van der Waals surface area contributed by atoms with E-state index < -0.39 is 5.60 Å². The van der Waals surface area contributed by atoms with Crippen LogP contribution < -0.4 is 5.32 Å². The third-order valence-electron chi connectivity index (χ3n) is 4.24. The number of likely N-dealkylation sites (N-methyl/N-ethyl adjacent to an activating group) is 1. The molecule has 1 aliphatic carbocycles. The minimum atomic E-state index is -0.908. The molecule has 0 atom stereocenters. The number of carbonyl (C=O) groups excluding carboxylic acids is 1. The summed E-state index contributed by atoms with van der Waals surface area (Å²) in [5.41, 5.74) is 0.956. The molecular formula is C19H30N2O3. The molecule has 2 amide bonds. The highest BCUT2D eigenvalue weighted by Gasteiger charge is 2.21. The molecule has 1 aromatic carbocycles. The van der Waals surface area contributed by atoms with Gasteiger partial charge in [-0.25, -0.2) is 4.79 Å². The molecular weight excluding hydrogens is 304 g/mol. The van der Waals surface area contributed by atoms with Gasteiger partial charge >= 0.3 is 6.03 Å². The first-order valence-electron chi connectivity index (χ1n) is 8.86. The van der Waals surface area contributed by atoms with E-state index in [1.165, 1.54) is 25.7 Å². The zero-order valence-electron chi connectivity index (χ0n) is 15.0. The molecule has 0 unspecified atom stereocenters. The van der Waals surface area contributed by atoms with E-state index in [1.54, 1.807) is 18.7 Å². The average molecular weight is 334 g/mol. The number of aliphatic hydroxyl groups is 1. The Bertz CT molecular complexity index is 516. The number of amides is 2. The largest absolute Gasteiger partial charge is 0.389 e. The van der Waals surface area contributed by atoms with Crippen molar-refractivity contribution in [2.75, 3.05) is 18.4 Å². The van der Waals surface area contributed by atoms with E-state index in [-0.39, 0.29) is 6.03 Å². The summed E-state index contributed by atoms with van der Waals surface area (Å²) >= 11 is 0. The Kier molecular flexibility index (Phi) is 6.63. The molecule has 1 fully saturated rings. The second kappa shape index (κ2) is 8.49. The number of hydrogen-bond donors (Lipinski definition) is 2. The van der Waals surface area contributed by atoms with Crippen LogP contribution in [-0.2, 0) is 11.3 Å². The summed E-state index contributed by atoms with van der Waals surface area (Å²) in [5, 5.41) is 12.8. The minimum absolute atomic E-state index is 0.199. The van der Waals surface area contributed by atoms with Gasteiger partial charge in [0.1, 0.15) is 0 Å². The molecule has 2 rings (SSSR count). The smallest absolute Gasteiger partial charge is 0.321 e. The summed E-state index contributed by atoms with van der Waals surface area (Å²) in [6.07, 6.45) is 5.29. The Balaban J connectivity index is 1.84. The molecule has 5 heteroatoms. The van der Waals surface area contributed by atoms with E-state index >= 15 is 0 Å². The van der Waals surface area contributed by atoms with Crippen LogP contribution in [0.1, 0.15) is 52.0 Å². The molecule has 0 aromatic heterocycles. The van der Waals surface area contributed by atoms with Crippen LogP contribution in [0.4, 0.5) is 10.5 Å². The van der Waals surface area contributed by atoms with Gasteiger partial charge in [-0.05, 0) is 51.3 Å². The van der Waals surface area contributed by atoms with E-state index in [0.717, 1.165) is 11.3 Å².